The molecule has 0 fully saturated rings. The molecule has 26 heavy (non-hydrogen) atoms. The monoisotopic (exact) mass is 378 g/mol. The number of rotatable bonds is 5. The molecule has 0 saturated heterocycles. The molecule has 4 nitrogen and oxygen atoms in total. The Bertz CT molecular complexity index is 926. The first-order chi connectivity index (χ1) is 12.4. The fourth-order valence-electron chi connectivity index (χ4n) is 2.26. The van der Waals surface area contributed by atoms with E-state index in [2.05, 4.69) is 15.0 Å². The van der Waals surface area contributed by atoms with E-state index in [1.54, 1.807) is 25.1 Å². The van der Waals surface area contributed by atoms with Gasteiger partial charge in [0.1, 0.15) is 21.5 Å². The second kappa shape index (κ2) is 7.57. The second-order valence-electron chi connectivity index (χ2n) is 5.30. The summed E-state index contributed by atoms with van der Waals surface area (Å²) >= 11 is 1.16. The van der Waals surface area contributed by atoms with Crippen LogP contribution in [-0.2, 0) is 0 Å². The van der Waals surface area contributed by atoms with Crippen LogP contribution in [0.25, 0.3) is 10.6 Å². The zero-order valence-electron chi connectivity index (χ0n) is 13.5. The van der Waals surface area contributed by atoms with Gasteiger partial charge in [-0.25, -0.2) is 9.37 Å². The minimum Gasteiger partial charge on any atom is -0.435 e. The normalized spacial score (nSPS) is 10.8. The van der Waals surface area contributed by atoms with Crippen molar-refractivity contribution in [2.75, 3.05) is 5.32 Å². The van der Waals surface area contributed by atoms with Crippen LogP contribution < -0.4 is 10.1 Å². The molecule has 0 spiro atoms. The number of nitrogens with zero attached hydrogens (tertiary/aromatic N) is 1. The van der Waals surface area contributed by atoms with E-state index in [-0.39, 0.29) is 11.6 Å². The SMILES string of the molecule is Cc1nc(-c2ccc(F)cc2)sc1C(=O)Nc1cccc(OC(F)F)c1. The van der Waals surface area contributed by atoms with E-state index in [0.29, 0.717) is 26.8 Å². The van der Waals surface area contributed by atoms with Crippen LogP contribution in [0, 0.1) is 12.7 Å². The van der Waals surface area contributed by atoms with Gasteiger partial charge in [0.2, 0.25) is 0 Å². The summed E-state index contributed by atoms with van der Waals surface area (Å²) in [6, 6.07) is 11.5. The number of nitrogens with one attached hydrogen (secondary N) is 1. The van der Waals surface area contributed by atoms with Crippen molar-refractivity contribution in [3.63, 3.8) is 0 Å². The van der Waals surface area contributed by atoms with E-state index in [1.165, 1.54) is 30.3 Å². The Balaban J connectivity index is 1.79. The number of amides is 1. The van der Waals surface area contributed by atoms with Gasteiger partial charge in [0.25, 0.3) is 5.91 Å². The maximum Gasteiger partial charge on any atom is 0.387 e. The van der Waals surface area contributed by atoms with E-state index in [1.807, 2.05) is 0 Å². The summed E-state index contributed by atoms with van der Waals surface area (Å²) in [5, 5.41) is 3.22. The van der Waals surface area contributed by atoms with E-state index >= 15 is 0 Å². The zero-order valence-corrected chi connectivity index (χ0v) is 14.3. The Morgan fingerprint density at radius 2 is 1.92 bits per heavy atom. The lowest BCUT2D eigenvalue weighted by Crippen LogP contribution is -2.11. The number of ether oxygens (including phenoxy) is 1. The highest BCUT2D eigenvalue weighted by molar-refractivity contribution is 7.17. The summed E-state index contributed by atoms with van der Waals surface area (Å²) in [7, 11) is 0. The Kier molecular flexibility index (Phi) is 5.22. The molecule has 0 atom stereocenters. The number of thiazole rings is 1. The number of hydrogen-bond acceptors (Lipinski definition) is 4. The molecule has 0 unspecified atom stereocenters. The number of aromatic nitrogens is 1. The molecule has 8 heteroatoms. The van der Waals surface area contributed by atoms with E-state index in [4.69, 9.17) is 0 Å². The highest BCUT2D eigenvalue weighted by Crippen LogP contribution is 2.29. The van der Waals surface area contributed by atoms with Gasteiger partial charge in [0.05, 0.1) is 5.69 Å². The largest absolute Gasteiger partial charge is 0.435 e. The first-order valence-corrected chi connectivity index (χ1v) is 8.33. The molecule has 3 rings (SSSR count). The van der Waals surface area contributed by atoms with Gasteiger partial charge >= 0.3 is 6.61 Å². The van der Waals surface area contributed by atoms with Crippen LogP contribution in [0.3, 0.4) is 0 Å². The number of anilines is 1. The number of alkyl halides is 2. The molecule has 0 radical (unpaired) electrons. The van der Waals surface area contributed by atoms with Crippen LogP contribution in [0.4, 0.5) is 18.9 Å². The van der Waals surface area contributed by atoms with Gasteiger partial charge in [0, 0.05) is 17.3 Å². The standard InChI is InChI=1S/C18H13F3N2O2S/c1-10-15(26-17(22-10)11-5-7-12(19)8-6-11)16(24)23-13-3-2-4-14(9-13)25-18(20)21/h2-9,18H,1H3,(H,23,24). The van der Waals surface area contributed by atoms with Crippen molar-refractivity contribution in [1.82, 2.24) is 4.98 Å². The highest BCUT2D eigenvalue weighted by atomic mass is 32.1. The molecular weight excluding hydrogens is 365 g/mol. The molecule has 0 saturated carbocycles. The van der Waals surface area contributed by atoms with E-state index < -0.39 is 12.5 Å². The van der Waals surface area contributed by atoms with Crippen molar-refractivity contribution in [3.8, 4) is 16.3 Å². The van der Waals surface area contributed by atoms with Gasteiger partial charge in [-0.2, -0.15) is 8.78 Å². The van der Waals surface area contributed by atoms with Crippen LogP contribution >= 0.6 is 11.3 Å². The Morgan fingerprint density at radius 3 is 2.62 bits per heavy atom. The van der Waals surface area contributed by atoms with Crippen LogP contribution in [-0.4, -0.2) is 17.5 Å². The lowest BCUT2D eigenvalue weighted by molar-refractivity contribution is -0.0497. The molecular formula is C18H13F3N2O2S. The third-order valence-electron chi connectivity index (χ3n) is 3.41. The first kappa shape index (κ1) is 17.9. The zero-order chi connectivity index (χ0) is 18.7. The molecule has 0 aliphatic heterocycles. The van der Waals surface area contributed by atoms with Crippen LogP contribution in [0.1, 0.15) is 15.4 Å². The maximum atomic E-state index is 13.0. The average molecular weight is 378 g/mol. The third-order valence-corrected chi connectivity index (χ3v) is 4.62. The summed E-state index contributed by atoms with van der Waals surface area (Å²) < 4.78 is 41.9. The quantitative estimate of drug-likeness (QED) is 0.671. The molecule has 0 aliphatic carbocycles. The second-order valence-corrected chi connectivity index (χ2v) is 6.30. The predicted molar refractivity (Wildman–Crippen MR) is 93.3 cm³/mol. The summed E-state index contributed by atoms with van der Waals surface area (Å²) in [5.74, 6) is -0.820. The van der Waals surface area contributed by atoms with Crippen molar-refractivity contribution in [3.05, 3.63) is 64.9 Å². The maximum absolute atomic E-state index is 13.0. The van der Waals surface area contributed by atoms with Gasteiger partial charge in [-0.3, -0.25) is 4.79 Å². The van der Waals surface area contributed by atoms with Gasteiger partial charge in [0.15, 0.2) is 0 Å². The molecule has 0 bridgehead atoms. The molecule has 1 aromatic heterocycles. The van der Waals surface area contributed by atoms with Gasteiger partial charge in [-0.1, -0.05) is 6.07 Å². The fraction of sp³-hybridized carbons (Fsp3) is 0.111. The first-order valence-electron chi connectivity index (χ1n) is 7.52. The number of hydrogen-bond donors (Lipinski definition) is 1. The highest BCUT2D eigenvalue weighted by Gasteiger charge is 2.17. The number of carbonyl (C=O) groups is 1. The van der Waals surface area contributed by atoms with E-state index in [9.17, 15) is 18.0 Å². The van der Waals surface area contributed by atoms with Gasteiger partial charge in [-0.15, -0.1) is 11.3 Å². The molecule has 0 aliphatic rings. The van der Waals surface area contributed by atoms with Crippen molar-refractivity contribution >= 4 is 22.9 Å². The summed E-state index contributed by atoms with van der Waals surface area (Å²) in [5.41, 5.74) is 1.54. The molecule has 3 aromatic rings. The van der Waals surface area contributed by atoms with Crippen LogP contribution in [0.15, 0.2) is 48.5 Å². The fourth-order valence-corrected chi connectivity index (χ4v) is 3.23. The third kappa shape index (κ3) is 4.20. The molecule has 134 valence electrons. The summed E-state index contributed by atoms with van der Waals surface area (Å²) in [4.78, 5) is 17.2. The minimum atomic E-state index is -2.94. The molecule has 2 aromatic carbocycles. The topological polar surface area (TPSA) is 51.2 Å². The average Bonchev–Trinajstić information content (AvgIpc) is 2.97. The van der Waals surface area contributed by atoms with Crippen LogP contribution in [0.2, 0.25) is 0 Å². The number of aryl methyl sites for hydroxylation is 1. The Labute approximate surface area is 151 Å². The summed E-state index contributed by atoms with van der Waals surface area (Å²) in [6.07, 6.45) is 0. The minimum absolute atomic E-state index is 0.0502. The molecule has 1 amide bonds. The van der Waals surface area contributed by atoms with E-state index in [0.717, 1.165) is 11.3 Å². The molecule has 1 heterocycles. The summed E-state index contributed by atoms with van der Waals surface area (Å²) in [6.45, 7) is -1.25. The lowest BCUT2D eigenvalue weighted by atomic mass is 10.2. The van der Waals surface area contributed by atoms with Crippen molar-refractivity contribution < 1.29 is 22.7 Å². The van der Waals surface area contributed by atoms with Crippen molar-refractivity contribution in [2.45, 2.75) is 13.5 Å². The van der Waals surface area contributed by atoms with Crippen LogP contribution in [0.5, 0.6) is 5.75 Å². The van der Waals surface area contributed by atoms with Crippen molar-refractivity contribution in [1.29, 1.82) is 0 Å². The smallest absolute Gasteiger partial charge is 0.387 e. The van der Waals surface area contributed by atoms with Gasteiger partial charge < -0.3 is 10.1 Å². The van der Waals surface area contributed by atoms with Crippen molar-refractivity contribution in [2.24, 2.45) is 0 Å². The van der Waals surface area contributed by atoms with Gasteiger partial charge in [-0.05, 0) is 43.3 Å². The number of carbonyl (C=O) groups excluding carboxylic acids is 1. The number of benzene rings is 2. The Morgan fingerprint density at radius 1 is 1.19 bits per heavy atom. The molecule has 1 N–H and O–H groups in total. The lowest BCUT2D eigenvalue weighted by Gasteiger charge is -2.07. The number of halogens is 3. The Hall–Kier alpha value is -2.87. The predicted octanol–water partition coefficient (Wildman–Crippen LogP) is 5.11.